The molecule has 23 heteroatoms. The topological polar surface area (TPSA) is 279 Å². The van der Waals surface area contributed by atoms with Crippen LogP contribution in [-0.4, -0.2) is 128 Å². The number of fused-ring (bicyclic) bond motifs is 1. The summed E-state index contributed by atoms with van der Waals surface area (Å²) in [6.45, 7) is 7.38. The van der Waals surface area contributed by atoms with Crippen molar-refractivity contribution < 1.29 is 43.8 Å². The fourth-order valence-corrected chi connectivity index (χ4v) is 7.62. The number of amides is 3. The van der Waals surface area contributed by atoms with Crippen LogP contribution in [-0.2, 0) is 35.3 Å². The van der Waals surface area contributed by atoms with Crippen LogP contribution in [0.2, 0.25) is 0 Å². The Kier molecular flexibility index (Phi) is 11.7. The second-order valence-electron chi connectivity index (χ2n) is 11.7. The Morgan fingerprint density at radius 2 is 2.02 bits per heavy atom. The van der Waals surface area contributed by atoms with E-state index in [1.165, 1.54) is 21.3 Å². The highest BCUT2D eigenvalue weighted by Gasteiger charge is 2.57. The van der Waals surface area contributed by atoms with Crippen LogP contribution in [0, 0.1) is 5.41 Å². The van der Waals surface area contributed by atoms with Gasteiger partial charge in [0.05, 0.1) is 0 Å². The minimum atomic E-state index is -1.35. The molecular formula is C25H35N11O9S3. The van der Waals surface area contributed by atoms with Crippen molar-refractivity contribution in [1.29, 1.82) is 0 Å². The SMILES string of the molecule is CCC(ON=C(C(=O)NC1C(=O)N2CC(CSc3nnnn3CCCNC(=O)OC(C)(C)C)(C(=O)O)CS[C@H]12)c1nsc(N)n1)C(=O)O. The van der Waals surface area contributed by atoms with Gasteiger partial charge in [-0.3, -0.25) is 14.4 Å². The van der Waals surface area contributed by atoms with E-state index in [0.717, 1.165) is 23.3 Å². The van der Waals surface area contributed by atoms with E-state index in [2.05, 4.69) is 40.7 Å². The first-order valence-corrected chi connectivity index (χ1v) is 17.3. The number of nitrogen functional groups attached to an aromatic ring is 1. The van der Waals surface area contributed by atoms with Gasteiger partial charge in [-0.15, -0.1) is 16.9 Å². The van der Waals surface area contributed by atoms with Gasteiger partial charge >= 0.3 is 18.0 Å². The molecule has 0 aromatic carbocycles. The average molecular weight is 730 g/mol. The van der Waals surface area contributed by atoms with Crippen LogP contribution in [0.1, 0.15) is 46.4 Å². The molecule has 3 unspecified atom stereocenters. The number of thioether (sulfide) groups is 2. The normalized spacial score (nSPS) is 21.5. The molecule has 0 bridgehead atoms. The Morgan fingerprint density at radius 1 is 1.27 bits per heavy atom. The third-order valence-corrected chi connectivity index (χ3v) is 10.2. The number of carboxylic acids is 2. The van der Waals surface area contributed by atoms with E-state index < -0.39 is 64.1 Å². The number of β-lactam (4-membered cyclic amide) rings is 1. The molecule has 0 radical (unpaired) electrons. The number of alkyl carbamates (subject to hydrolysis) is 1. The predicted octanol–water partition coefficient (Wildman–Crippen LogP) is -0.131. The third kappa shape index (κ3) is 8.80. The molecule has 2 aromatic rings. The fraction of sp³-hybridized carbons (Fsp3) is 0.640. The van der Waals surface area contributed by atoms with Crippen molar-refractivity contribution in [2.45, 2.75) is 75.4 Å². The number of carboxylic acid groups (broad SMARTS) is 2. The third-order valence-electron chi connectivity index (χ3n) is 6.86. The van der Waals surface area contributed by atoms with Crippen molar-refractivity contribution in [3.8, 4) is 0 Å². The number of nitrogens with two attached hydrogens (primary N) is 1. The fourth-order valence-electron chi connectivity index (χ4n) is 4.42. The minimum absolute atomic E-state index is 0.0247. The molecule has 4 atom stereocenters. The molecule has 2 aromatic heterocycles. The molecule has 4 heterocycles. The highest BCUT2D eigenvalue weighted by molar-refractivity contribution is 8.00. The van der Waals surface area contributed by atoms with Crippen molar-refractivity contribution in [2.75, 3.05) is 30.3 Å². The van der Waals surface area contributed by atoms with Gasteiger partial charge in [-0.1, -0.05) is 23.8 Å². The van der Waals surface area contributed by atoms with E-state index in [9.17, 15) is 34.2 Å². The first kappa shape index (κ1) is 36.6. The number of carbonyl (C=O) groups excluding carboxylic acids is 3. The van der Waals surface area contributed by atoms with Gasteiger partial charge in [-0.2, -0.15) is 9.36 Å². The zero-order valence-corrected chi connectivity index (χ0v) is 28.8. The highest BCUT2D eigenvalue weighted by Crippen LogP contribution is 2.44. The highest BCUT2D eigenvalue weighted by atomic mass is 32.2. The smallest absolute Gasteiger partial charge is 0.407 e. The molecule has 4 rings (SSSR count). The van der Waals surface area contributed by atoms with Crippen LogP contribution in [0.4, 0.5) is 9.93 Å². The summed E-state index contributed by atoms with van der Waals surface area (Å²) in [5, 5.41) is 39.9. The number of aromatic nitrogens is 6. The Hall–Kier alpha value is -4.25. The number of hydrogen-bond donors (Lipinski definition) is 5. The molecule has 2 saturated heterocycles. The van der Waals surface area contributed by atoms with Crippen LogP contribution in [0.15, 0.2) is 10.3 Å². The number of hydrogen-bond acceptors (Lipinski definition) is 17. The van der Waals surface area contributed by atoms with E-state index in [1.807, 2.05) is 0 Å². The van der Waals surface area contributed by atoms with Crippen LogP contribution in [0.25, 0.3) is 0 Å². The van der Waals surface area contributed by atoms with Gasteiger partial charge in [0.15, 0.2) is 5.13 Å². The molecule has 0 saturated carbocycles. The number of nitrogens with zero attached hydrogens (tertiary/aromatic N) is 8. The number of anilines is 1. The standard InChI is InChI=1S/C25H35N11O9S3/c1-5-12(19(39)40)45-31-13(15-29-21(26)48-32-15)16(37)28-14-17(38)35-9-25(20(41)42,10-46-18(14)35)11-47-22-30-33-34-36(22)8-6-7-27-23(43)44-24(2,3)4/h12,14,18H,5-11H2,1-4H3,(H,27,43)(H,28,37)(H,39,40)(H,41,42)(H2,26,29,32)/t12?,14?,18-,25?/m1/s1. The van der Waals surface area contributed by atoms with E-state index in [0.29, 0.717) is 24.7 Å². The summed E-state index contributed by atoms with van der Waals surface area (Å²) in [4.78, 5) is 72.5. The molecule has 2 aliphatic rings. The quantitative estimate of drug-likeness (QED) is 0.0525. The van der Waals surface area contributed by atoms with Crippen molar-refractivity contribution in [2.24, 2.45) is 10.6 Å². The number of ether oxygens (including phenoxy) is 1. The number of tetrazole rings is 1. The average Bonchev–Trinajstić information content (AvgIpc) is 3.66. The second kappa shape index (κ2) is 15.3. The van der Waals surface area contributed by atoms with Gasteiger partial charge in [0.25, 0.3) is 5.91 Å². The number of carbonyl (C=O) groups is 5. The molecule has 48 heavy (non-hydrogen) atoms. The zero-order chi connectivity index (χ0) is 35.2. The van der Waals surface area contributed by atoms with Gasteiger partial charge in [-0.25, -0.2) is 14.3 Å². The maximum Gasteiger partial charge on any atom is 0.407 e. The molecule has 262 valence electrons. The lowest BCUT2D eigenvalue weighted by Gasteiger charge is -2.53. The first-order chi connectivity index (χ1) is 22.6. The summed E-state index contributed by atoms with van der Waals surface area (Å²) in [6, 6.07) is -1.02. The lowest BCUT2D eigenvalue weighted by molar-refractivity contribution is -0.157. The number of rotatable bonds is 15. The largest absolute Gasteiger partial charge is 0.481 e. The summed E-state index contributed by atoms with van der Waals surface area (Å²) in [6.07, 6.45) is -1.34. The monoisotopic (exact) mass is 729 g/mol. The molecule has 20 nitrogen and oxygen atoms in total. The number of oxime groups is 1. The van der Waals surface area contributed by atoms with Gasteiger partial charge in [0.2, 0.25) is 28.7 Å². The first-order valence-electron chi connectivity index (χ1n) is 14.5. The van der Waals surface area contributed by atoms with Crippen molar-refractivity contribution in [3.05, 3.63) is 5.82 Å². The van der Waals surface area contributed by atoms with Crippen molar-refractivity contribution >= 4 is 75.7 Å². The Labute approximate surface area is 286 Å². The van der Waals surface area contributed by atoms with Gasteiger partial charge in [0, 0.05) is 42.7 Å². The van der Waals surface area contributed by atoms with Crippen LogP contribution in [0.5, 0.6) is 0 Å². The minimum Gasteiger partial charge on any atom is -0.481 e. The summed E-state index contributed by atoms with van der Waals surface area (Å²) in [5.41, 5.74) is 3.20. The van der Waals surface area contributed by atoms with E-state index in [-0.39, 0.29) is 35.4 Å². The zero-order valence-electron chi connectivity index (χ0n) is 26.3. The van der Waals surface area contributed by atoms with Gasteiger partial charge < -0.3 is 41.1 Å². The summed E-state index contributed by atoms with van der Waals surface area (Å²) in [7, 11) is 0. The lowest BCUT2D eigenvalue weighted by Crippen LogP contribution is -2.74. The van der Waals surface area contributed by atoms with Gasteiger partial charge in [0.1, 0.15) is 22.4 Å². The van der Waals surface area contributed by atoms with Crippen molar-refractivity contribution in [1.82, 2.24) is 45.1 Å². The number of nitrogens with one attached hydrogen (secondary N) is 2. The molecule has 2 aliphatic heterocycles. The molecule has 0 aliphatic carbocycles. The Bertz CT molecular complexity index is 1560. The predicted molar refractivity (Wildman–Crippen MR) is 171 cm³/mol. The number of aryl methyl sites for hydroxylation is 1. The maximum atomic E-state index is 13.2. The van der Waals surface area contributed by atoms with E-state index >= 15 is 0 Å². The Morgan fingerprint density at radius 3 is 2.65 bits per heavy atom. The summed E-state index contributed by atoms with van der Waals surface area (Å²) >= 11 is 3.11. The van der Waals surface area contributed by atoms with Crippen molar-refractivity contribution in [3.63, 3.8) is 0 Å². The van der Waals surface area contributed by atoms with E-state index in [4.69, 9.17) is 15.3 Å². The lowest BCUT2D eigenvalue weighted by atomic mass is 9.89. The summed E-state index contributed by atoms with van der Waals surface area (Å²) < 4.78 is 10.7. The van der Waals surface area contributed by atoms with Crippen LogP contribution in [0.3, 0.4) is 0 Å². The molecule has 0 spiro atoms. The van der Waals surface area contributed by atoms with Crippen LogP contribution >= 0.6 is 35.1 Å². The van der Waals surface area contributed by atoms with Gasteiger partial charge in [-0.05, 0) is 44.0 Å². The number of aliphatic carboxylic acids is 2. The molecule has 2 fully saturated rings. The van der Waals surface area contributed by atoms with Crippen LogP contribution < -0.4 is 16.4 Å². The Balaban J connectivity index is 1.35. The molecular weight excluding hydrogens is 695 g/mol. The summed E-state index contributed by atoms with van der Waals surface area (Å²) in [5.74, 6) is -3.86. The molecule has 3 amide bonds. The second-order valence-corrected chi connectivity index (χ2v) is 14.5. The van der Waals surface area contributed by atoms with E-state index in [1.54, 1.807) is 27.7 Å². The maximum absolute atomic E-state index is 13.2. The molecule has 6 N–H and O–H groups in total.